The first-order valence-corrected chi connectivity index (χ1v) is 10.4. The minimum atomic E-state index is -0.259. The molecular weight excluding hydrogens is 366 g/mol. The van der Waals surface area contributed by atoms with Gasteiger partial charge in [-0.2, -0.15) is 0 Å². The average molecular weight is 393 g/mol. The Morgan fingerprint density at radius 3 is 2.41 bits per heavy atom. The normalized spacial score (nSPS) is 22.9. The summed E-state index contributed by atoms with van der Waals surface area (Å²) in [5.41, 5.74) is 1.67. The lowest BCUT2D eigenvalue weighted by Crippen LogP contribution is -2.48. The van der Waals surface area contributed by atoms with Gasteiger partial charge in [-0.15, -0.1) is 0 Å². The Morgan fingerprint density at radius 1 is 1.00 bits per heavy atom. The van der Waals surface area contributed by atoms with Crippen LogP contribution in [0.1, 0.15) is 48.5 Å². The fourth-order valence-electron chi connectivity index (χ4n) is 4.62. The number of amides is 1. The van der Waals surface area contributed by atoms with Gasteiger partial charge in [0, 0.05) is 23.6 Å². The van der Waals surface area contributed by atoms with Gasteiger partial charge in [0.1, 0.15) is 12.4 Å². The average Bonchev–Trinajstić information content (AvgIpc) is 3.02. The lowest BCUT2D eigenvalue weighted by Gasteiger charge is -2.37. The Kier molecular flexibility index (Phi) is 5.84. The molecule has 2 bridgehead atoms. The van der Waals surface area contributed by atoms with Gasteiger partial charge in [0.15, 0.2) is 5.78 Å². The summed E-state index contributed by atoms with van der Waals surface area (Å²) in [7, 11) is 0. The smallest absolute Gasteiger partial charge is 0.410 e. The fraction of sp³-hybridized carbons (Fsp3) is 0.417. The molecule has 0 aliphatic carbocycles. The van der Waals surface area contributed by atoms with Gasteiger partial charge in [0.05, 0.1) is 6.61 Å². The lowest BCUT2D eigenvalue weighted by molar-refractivity contribution is 0.0485. The van der Waals surface area contributed by atoms with E-state index in [0.29, 0.717) is 25.0 Å². The van der Waals surface area contributed by atoms with E-state index in [1.165, 1.54) is 0 Å². The molecule has 0 radical (unpaired) electrons. The Bertz CT molecular complexity index is 852. The number of piperidine rings is 1. The van der Waals surface area contributed by atoms with Crippen LogP contribution in [0.15, 0.2) is 54.6 Å². The molecule has 1 amide bonds. The van der Waals surface area contributed by atoms with Crippen molar-refractivity contribution >= 4 is 11.9 Å². The van der Waals surface area contributed by atoms with Gasteiger partial charge < -0.3 is 14.4 Å². The topological polar surface area (TPSA) is 55.8 Å². The molecule has 0 N–H and O–H groups in total. The van der Waals surface area contributed by atoms with Crippen LogP contribution in [0.5, 0.6) is 5.75 Å². The fourth-order valence-corrected chi connectivity index (χ4v) is 4.62. The summed E-state index contributed by atoms with van der Waals surface area (Å²) >= 11 is 0. The van der Waals surface area contributed by atoms with E-state index in [9.17, 15) is 9.59 Å². The predicted molar refractivity (Wildman–Crippen MR) is 110 cm³/mol. The van der Waals surface area contributed by atoms with E-state index in [1.54, 1.807) is 0 Å². The van der Waals surface area contributed by atoms with Crippen molar-refractivity contribution in [3.63, 3.8) is 0 Å². The third-order valence-corrected chi connectivity index (χ3v) is 5.95. The third-order valence-electron chi connectivity index (χ3n) is 5.95. The number of benzene rings is 2. The molecule has 2 aliphatic heterocycles. The van der Waals surface area contributed by atoms with Crippen LogP contribution in [0.3, 0.4) is 0 Å². The maximum atomic E-state index is 13.1. The Balaban J connectivity index is 1.39. The first kappa shape index (κ1) is 19.5. The molecule has 5 nitrogen and oxygen atoms in total. The molecule has 2 aromatic carbocycles. The van der Waals surface area contributed by atoms with Gasteiger partial charge in [-0.05, 0) is 50.3 Å². The zero-order valence-electron chi connectivity index (χ0n) is 16.8. The maximum absolute atomic E-state index is 13.1. The predicted octanol–water partition coefficient (Wildman–Crippen LogP) is 4.85. The zero-order chi connectivity index (χ0) is 20.2. The number of Topliss-reactive ketones (excluding diaryl/α,β-unsaturated/α-hetero) is 1. The van der Waals surface area contributed by atoms with Gasteiger partial charge in [-0.3, -0.25) is 4.79 Å². The van der Waals surface area contributed by atoms with Gasteiger partial charge in [-0.1, -0.05) is 42.5 Å². The minimum absolute atomic E-state index is 0.0532. The number of nitrogens with zero attached hydrogens (tertiary/aromatic N) is 1. The number of carbonyl (C=O) groups is 2. The van der Waals surface area contributed by atoms with Crippen LogP contribution >= 0.6 is 0 Å². The summed E-state index contributed by atoms with van der Waals surface area (Å²) in [6.07, 6.45) is 3.02. The van der Waals surface area contributed by atoms with Gasteiger partial charge >= 0.3 is 6.09 Å². The van der Waals surface area contributed by atoms with Crippen molar-refractivity contribution in [2.45, 2.75) is 51.3 Å². The zero-order valence-corrected chi connectivity index (χ0v) is 16.8. The molecule has 2 aromatic rings. The molecule has 2 fully saturated rings. The van der Waals surface area contributed by atoms with Gasteiger partial charge in [0.25, 0.3) is 0 Å². The molecule has 29 heavy (non-hydrogen) atoms. The number of ketones is 1. The van der Waals surface area contributed by atoms with Crippen molar-refractivity contribution < 1.29 is 19.1 Å². The molecule has 4 rings (SSSR count). The first-order chi connectivity index (χ1) is 14.2. The van der Waals surface area contributed by atoms with E-state index in [1.807, 2.05) is 66.4 Å². The Hall–Kier alpha value is -2.82. The second kappa shape index (κ2) is 8.68. The SMILES string of the molecule is CCOc1cccc(C(=O)C2CC3CCC(C2)N3C(=O)OCc2ccccc2)c1. The maximum Gasteiger partial charge on any atom is 0.410 e. The highest BCUT2D eigenvalue weighted by Gasteiger charge is 2.45. The van der Waals surface area contributed by atoms with E-state index in [2.05, 4.69) is 0 Å². The van der Waals surface area contributed by atoms with Gasteiger partial charge in [0.2, 0.25) is 0 Å². The van der Waals surface area contributed by atoms with Crippen LogP contribution in [0.2, 0.25) is 0 Å². The molecule has 152 valence electrons. The van der Waals surface area contributed by atoms with E-state index in [4.69, 9.17) is 9.47 Å². The standard InChI is InChI=1S/C24H27NO4/c1-2-28-22-10-6-9-18(15-22)23(26)19-13-20-11-12-21(14-19)25(20)24(27)29-16-17-7-4-3-5-8-17/h3-10,15,19-21H,2,11-14,16H2,1H3. The van der Waals surface area contributed by atoms with Crippen molar-refractivity contribution in [2.75, 3.05) is 6.61 Å². The largest absolute Gasteiger partial charge is 0.494 e. The quantitative estimate of drug-likeness (QED) is 0.659. The molecular formula is C24H27NO4. The number of hydrogen-bond acceptors (Lipinski definition) is 4. The minimum Gasteiger partial charge on any atom is -0.494 e. The summed E-state index contributed by atoms with van der Waals surface area (Å²) in [6, 6.07) is 17.3. The molecule has 5 heteroatoms. The number of rotatable bonds is 6. The summed E-state index contributed by atoms with van der Waals surface area (Å²) in [6.45, 7) is 2.78. The number of fused-ring (bicyclic) bond motifs is 2. The Morgan fingerprint density at radius 2 is 1.72 bits per heavy atom. The number of hydrogen-bond donors (Lipinski definition) is 0. The van der Waals surface area contributed by atoms with Crippen LogP contribution in [0.25, 0.3) is 0 Å². The first-order valence-electron chi connectivity index (χ1n) is 10.4. The molecule has 2 aliphatic rings. The van der Waals surface area contributed by atoms with Crippen molar-refractivity contribution in [2.24, 2.45) is 5.92 Å². The highest BCUT2D eigenvalue weighted by atomic mass is 16.6. The molecule has 2 unspecified atom stereocenters. The molecule has 2 saturated heterocycles. The summed E-state index contributed by atoms with van der Waals surface area (Å²) in [5, 5.41) is 0. The van der Waals surface area contributed by atoms with Crippen molar-refractivity contribution in [3.05, 3.63) is 65.7 Å². The van der Waals surface area contributed by atoms with Crippen LogP contribution in [0.4, 0.5) is 4.79 Å². The summed E-state index contributed by atoms with van der Waals surface area (Å²) < 4.78 is 11.1. The van der Waals surface area contributed by atoms with Crippen LogP contribution < -0.4 is 4.74 Å². The number of ether oxygens (including phenoxy) is 2. The highest BCUT2D eigenvalue weighted by molar-refractivity contribution is 5.98. The Labute approximate surface area is 171 Å². The number of carbonyl (C=O) groups excluding carboxylic acids is 2. The second-order valence-corrected chi connectivity index (χ2v) is 7.83. The van der Waals surface area contributed by atoms with E-state index in [-0.39, 0.29) is 36.5 Å². The molecule has 0 saturated carbocycles. The second-order valence-electron chi connectivity index (χ2n) is 7.83. The van der Waals surface area contributed by atoms with Crippen molar-refractivity contribution in [3.8, 4) is 5.75 Å². The molecule has 0 aromatic heterocycles. The van der Waals surface area contributed by atoms with Crippen molar-refractivity contribution in [1.82, 2.24) is 4.90 Å². The lowest BCUT2D eigenvalue weighted by atomic mass is 9.85. The van der Waals surface area contributed by atoms with E-state index >= 15 is 0 Å². The van der Waals surface area contributed by atoms with E-state index in [0.717, 1.165) is 24.2 Å². The summed E-state index contributed by atoms with van der Waals surface area (Å²) in [5.74, 6) is 0.826. The van der Waals surface area contributed by atoms with Crippen LogP contribution in [-0.2, 0) is 11.3 Å². The van der Waals surface area contributed by atoms with Gasteiger partial charge in [-0.25, -0.2) is 4.79 Å². The molecule has 2 heterocycles. The third kappa shape index (κ3) is 4.29. The van der Waals surface area contributed by atoms with Crippen molar-refractivity contribution in [1.29, 1.82) is 0 Å². The molecule has 2 atom stereocenters. The van der Waals surface area contributed by atoms with E-state index < -0.39 is 0 Å². The summed E-state index contributed by atoms with van der Waals surface area (Å²) in [4.78, 5) is 27.6. The van der Waals surface area contributed by atoms with Crippen LogP contribution in [-0.4, -0.2) is 35.5 Å². The van der Waals surface area contributed by atoms with Crippen LogP contribution in [0, 0.1) is 5.92 Å². The molecule has 0 spiro atoms. The highest BCUT2D eigenvalue weighted by Crippen LogP contribution is 2.40. The monoisotopic (exact) mass is 393 g/mol.